The third-order valence-electron chi connectivity index (χ3n) is 4.76. The van der Waals surface area contributed by atoms with Crippen molar-refractivity contribution in [1.29, 1.82) is 0 Å². The quantitative estimate of drug-likeness (QED) is 0.288. The molecule has 0 aromatic heterocycles. The van der Waals surface area contributed by atoms with Crippen molar-refractivity contribution in [3.8, 4) is 17.2 Å². The van der Waals surface area contributed by atoms with Gasteiger partial charge in [0.05, 0.1) is 11.7 Å². The Morgan fingerprint density at radius 2 is 1.67 bits per heavy atom. The Bertz CT molecular complexity index is 1080. The SMILES string of the molecule is CC(C)OC(=O)C(C)(C)Oc1cc(/C=C/C(=O)c2ccc(Cl)cc2O)cc(C(C)(C)C)c1O. The summed E-state index contributed by atoms with van der Waals surface area (Å²) in [5.41, 5.74) is -0.548. The number of halogens is 1. The minimum Gasteiger partial charge on any atom is -0.507 e. The van der Waals surface area contributed by atoms with Crippen LogP contribution in [-0.2, 0) is 14.9 Å². The first-order valence-electron chi connectivity index (χ1n) is 10.6. The number of phenolic OH excluding ortho intramolecular Hbond substituents is 2. The van der Waals surface area contributed by atoms with Crippen molar-refractivity contribution in [2.75, 3.05) is 0 Å². The van der Waals surface area contributed by atoms with E-state index in [0.717, 1.165) is 0 Å². The van der Waals surface area contributed by atoms with Crippen molar-refractivity contribution in [2.24, 2.45) is 0 Å². The summed E-state index contributed by atoms with van der Waals surface area (Å²) in [4.78, 5) is 25.0. The number of aromatic hydroxyl groups is 2. The van der Waals surface area contributed by atoms with E-state index in [1.54, 1.807) is 45.9 Å². The van der Waals surface area contributed by atoms with Crippen LogP contribution in [0.25, 0.3) is 6.08 Å². The van der Waals surface area contributed by atoms with Gasteiger partial charge in [-0.3, -0.25) is 4.79 Å². The number of benzene rings is 2. The lowest BCUT2D eigenvalue weighted by atomic mass is 9.85. The van der Waals surface area contributed by atoms with Gasteiger partial charge in [0.2, 0.25) is 0 Å². The first-order valence-corrected chi connectivity index (χ1v) is 11.0. The highest BCUT2D eigenvalue weighted by Crippen LogP contribution is 2.40. The van der Waals surface area contributed by atoms with Crippen LogP contribution < -0.4 is 4.74 Å². The maximum atomic E-state index is 12.6. The average Bonchev–Trinajstić information content (AvgIpc) is 2.66. The molecule has 0 fully saturated rings. The zero-order valence-corrected chi connectivity index (χ0v) is 20.8. The molecule has 2 aromatic rings. The Labute approximate surface area is 199 Å². The molecular formula is C26H31ClO6. The van der Waals surface area contributed by atoms with Gasteiger partial charge in [-0.05, 0) is 75.1 Å². The van der Waals surface area contributed by atoms with Crippen LogP contribution in [0.5, 0.6) is 17.2 Å². The van der Waals surface area contributed by atoms with Crippen LogP contribution in [0.1, 0.15) is 70.0 Å². The molecule has 0 atom stereocenters. The van der Waals surface area contributed by atoms with E-state index >= 15 is 0 Å². The van der Waals surface area contributed by atoms with Crippen molar-refractivity contribution in [3.05, 3.63) is 58.1 Å². The van der Waals surface area contributed by atoms with E-state index in [0.29, 0.717) is 16.1 Å². The number of ketones is 1. The molecule has 0 heterocycles. The van der Waals surface area contributed by atoms with Crippen LogP contribution >= 0.6 is 11.6 Å². The maximum Gasteiger partial charge on any atom is 0.350 e. The van der Waals surface area contributed by atoms with E-state index in [9.17, 15) is 19.8 Å². The predicted molar refractivity (Wildman–Crippen MR) is 129 cm³/mol. The lowest BCUT2D eigenvalue weighted by Gasteiger charge is -2.28. The second kappa shape index (κ2) is 9.87. The van der Waals surface area contributed by atoms with Crippen molar-refractivity contribution in [1.82, 2.24) is 0 Å². The molecule has 0 aliphatic heterocycles. The molecule has 0 bridgehead atoms. The van der Waals surface area contributed by atoms with E-state index < -0.39 is 22.8 Å². The summed E-state index contributed by atoms with van der Waals surface area (Å²) in [7, 11) is 0. The Morgan fingerprint density at radius 3 is 2.21 bits per heavy atom. The Morgan fingerprint density at radius 1 is 1.03 bits per heavy atom. The van der Waals surface area contributed by atoms with Crippen LogP contribution in [0.2, 0.25) is 5.02 Å². The van der Waals surface area contributed by atoms with Crippen LogP contribution in [0.15, 0.2) is 36.4 Å². The van der Waals surface area contributed by atoms with Crippen molar-refractivity contribution in [2.45, 2.75) is 65.6 Å². The summed E-state index contributed by atoms with van der Waals surface area (Å²) in [6, 6.07) is 7.54. The van der Waals surface area contributed by atoms with Crippen LogP contribution in [0.4, 0.5) is 0 Å². The second-order valence-corrected chi connectivity index (χ2v) is 10.0. The molecule has 178 valence electrons. The fourth-order valence-corrected chi connectivity index (χ4v) is 3.19. The Hall–Kier alpha value is -2.99. The number of phenols is 2. The molecule has 0 unspecified atom stereocenters. The van der Waals surface area contributed by atoms with E-state index in [4.69, 9.17) is 21.1 Å². The van der Waals surface area contributed by atoms with Gasteiger partial charge in [0.15, 0.2) is 22.9 Å². The van der Waals surface area contributed by atoms with Crippen LogP contribution in [0.3, 0.4) is 0 Å². The molecule has 0 saturated heterocycles. The molecule has 33 heavy (non-hydrogen) atoms. The monoisotopic (exact) mass is 474 g/mol. The number of hydrogen-bond donors (Lipinski definition) is 2. The first kappa shape index (κ1) is 26.3. The summed E-state index contributed by atoms with van der Waals surface area (Å²) in [5, 5.41) is 21.2. The molecule has 6 nitrogen and oxygen atoms in total. The number of ether oxygens (including phenoxy) is 2. The van der Waals surface area contributed by atoms with E-state index in [1.165, 1.54) is 24.3 Å². The van der Waals surface area contributed by atoms with Gasteiger partial charge in [-0.2, -0.15) is 0 Å². The molecule has 0 saturated carbocycles. The second-order valence-electron chi connectivity index (χ2n) is 9.59. The Kier molecular flexibility index (Phi) is 7.86. The summed E-state index contributed by atoms with van der Waals surface area (Å²) < 4.78 is 11.2. The normalized spacial score (nSPS) is 12.3. The van der Waals surface area contributed by atoms with Gasteiger partial charge in [-0.25, -0.2) is 4.79 Å². The standard InChI is InChI=1S/C26H31ClO6/c1-15(2)32-24(31)26(6,7)33-22-13-16(12-19(23(22)30)25(3,4)5)8-11-20(28)18-10-9-17(27)14-21(18)29/h8-15,29-30H,1-7H3/b11-8+. The number of hydrogen-bond acceptors (Lipinski definition) is 6. The smallest absolute Gasteiger partial charge is 0.350 e. The molecule has 2 aromatic carbocycles. The molecule has 0 aliphatic carbocycles. The maximum absolute atomic E-state index is 12.6. The molecule has 0 amide bonds. The fourth-order valence-electron chi connectivity index (χ4n) is 3.02. The zero-order chi connectivity index (χ0) is 25.1. The fraction of sp³-hybridized carbons (Fsp3) is 0.385. The number of allylic oxidation sites excluding steroid dienone is 1. The van der Waals surface area contributed by atoms with E-state index in [1.807, 2.05) is 20.8 Å². The van der Waals surface area contributed by atoms with Gasteiger partial charge in [0, 0.05) is 10.6 Å². The summed E-state index contributed by atoms with van der Waals surface area (Å²) in [6.07, 6.45) is 2.55. The lowest BCUT2D eigenvalue weighted by Crippen LogP contribution is -2.41. The highest BCUT2D eigenvalue weighted by Gasteiger charge is 2.34. The van der Waals surface area contributed by atoms with Gasteiger partial charge in [-0.15, -0.1) is 0 Å². The van der Waals surface area contributed by atoms with Crippen LogP contribution in [0, 0.1) is 0 Å². The largest absolute Gasteiger partial charge is 0.507 e. The van der Waals surface area contributed by atoms with Crippen LogP contribution in [-0.4, -0.2) is 33.7 Å². The number of carbonyl (C=O) groups is 2. The highest BCUT2D eigenvalue weighted by atomic mass is 35.5. The molecule has 2 N–H and O–H groups in total. The number of esters is 1. The molecule has 0 radical (unpaired) electrons. The summed E-state index contributed by atoms with van der Waals surface area (Å²) in [5.74, 6) is -1.20. The zero-order valence-electron chi connectivity index (χ0n) is 20.0. The van der Waals surface area contributed by atoms with E-state index in [-0.39, 0.29) is 28.9 Å². The third-order valence-corrected chi connectivity index (χ3v) is 4.99. The van der Waals surface area contributed by atoms with Gasteiger partial charge in [0.1, 0.15) is 5.75 Å². The average molecular weight is 475 g/mol. The van der Waals surface area contributed by atoms with Gasteiger partial charge in [0.25, 0.3) is 0 Å². The third kappa shape index (κ3) is 6.75. The first-order chi connectivity index (χ1) is 15.1. The molecule has 0 spiro atoms. The minimum atomic E-state index is -1.36. The number of rotatable bonds is 7. The summed E-state index contributed by atoms with van der Waals surface area (Å²) >= 11 is 5.83. The van der Waals surface area contributed by atoms with Crippen molar-refractivity contribution < 1.29 is 29.3 Å². The Balaban J connectivity index is 2.46. The molecule has 0 aliphatic rings. The molecule has 7 heteroatoms. The van der Waals surface area contributed by atoms with E-state index in [2.05, 4.69) is 0 Å². The number of carbonyl (C=O) groups excluding carboxylic acids is 2. The van der Waals surface area contributed by atoms with Gasteiger partial charge >= 0.3 is 5.97 Å². The van der Waals surface area contributed by atoms with Crippen molar-refractivity contribution >= 4 is 29.4 Å². The molecule has 2 rings (SSSR count). The highest BCUT2D eigenvalue weighted by molar-refractivity contribution is 6.31. The van der Waals surface area contributed by atoms with Crippen molar-refractivity contribution in [3.63, 3.8) is 0 Å². The predicted octanol–water partition coefficient (Wildman–Crippen LogP) is 6.05. The van der Waals surface area contributed by atoms with Gasteiger partial charge < -0.3 is 19.7 Å². The molecular weight excluding hydrogens is 444 g/mol. The topological polar surface area (TPSA) is 93.1 Å². The minimum absolute atomic E-state index is 0.0910. The lowest BCUT2D eigenvalue weighted by molar-refractivity contribution is -0.163. The van der Waals surface area contributed by atoms with Gasteiger partial charge in [-0.1, -0.05) is 38.4 Å². The summed E-state index contributed by atoms with van der Waals surface area (Å²) in [6.45, 7) is 12.4.